The van der Waals surface area contributed by atoms with Crippen LogP contribution in [-0.2, 0) is 11.2 Å². The van der Waals surface area contributed by atoms with Crippen LogP contribution >= 0.6 is 0 Å². The van der Waals surface area contributed by atoms with E-state index in [-0.39, 0.29) is 5.75 Å². The molecule has 3 rings (SSSR count). The number of phenolic OH excluding ortho intramolecular Hbond substituents is 1. The molecule has 6 heteroatoms. The predicted molar refractivity (Wildman–Crippen MR) is 105 cm³/mol. The molecule has 0 bridgehead atoms. The number of aromatic hydroxyl groups is 1. The lowest BCUT2D eigenvalue weighted by molar-refractivity contribution is -0.231. The molecular formula is C22H34O6. The van der Waals surface area contributed by atoms with Gasteiger partial charge in [-0.15, -0.1) is 0 Å². The lowest BCUT2D eigenvalue weighted by Crippen LogP contribution is -2.55. The van der Waals surface area contributed by atoms with Crippen LogP contribution in [0.2, 0.25) is 0 Å². The average Bonchev–Trinajstić information content (AvgIpc) is 2.70. The summed E-state index contributed by atoms with van der Waals surface area (Å²) in [6.45, 7) is 1.78. The minimum atomic E-state index is -1.40. The number of aliphatic hydroxyl groups is 4. The molecule has 1 aliphatic carbocycles. The fourth-order valence-corrected chi connectivity index (χ4v) is 4.77. The van der Waals surface area contributed by atoms with Crippen molar-refractivity contribution in [3.05, 3.63) is 29.3 Å². The first kappa shape index (κ1) is 21.5. The molecule has 1 aromatic carbocycles. The highest BCUT2D eigenvalue weighted by molar-refractivity contribution is 5.38. The molecule has 28 heavy (non-hydrogen) atoms. The standard InChI is InChI=1S/C22H34O6/c1-2-3-13-4-6-14(7-5-13)10-16-11-15(8-9-17(16)24)22-21(27)20(26)19(25)18(12-23)28-22/h8-9,11,13-14,18-27H,2-7,10,12H2,1H3/t13?,14?,18-,19-,20+,21-,22+/m1/s1. The first-order valence-corrected chi connectivity index (χ1v) is 10.6. The van der Waals surface area contributed by atoms with Crippen molar-refractivity contribution in [2.45, 2.75) is 82.4 Å². The van der Waals surface area contributed by atoms with E-state index in [0.29, 0.717) is 11.5 Å². The first-order chi connectivity index (χ1) is 13.4. The summed E-state index contributed by atoms with van der Waals surface area (Å²) in [5.74, 6) is 1.59. The summed E-state index contributed by atoms with van der Waals surface area (Å²) in [6.07, 6.45) is 2.23. The van der Waals surface area contributed by atoms with Gasteiger partial charge in [0.15, 0.2) is 0 Å². The second-order valence-electron chi connectivity index (χ2n) is 8.52. The highest BCUT2D eigenvalue weighted by atomic mass is 16.5. The summed E-state index contributed by atoms with van der Waals surface area (Å²) < 4.78 is 5.65. The largest absolute Gasteiger partial charge is 0.508 e. The van der Waals surface area contributed by atoms with Gasteiger partial charge in [0.2, 0.25) is 0 Å². The molecule has 158 valence electrons. The fraction of sp³-hybridized carbons (Fsp3) is 0.727. The molecule has 0 unspecified atom stereocenters. The Bertz CT molecular complexity index is 625. The zero-order chi connectivity index (χ0) is 20.3. The second-order valence-corrected chi connectivity index (χ2v) is 8.52. The van der Waals surface area contributed by atoms with Crippen molar-refractivity contribution < 1.29 is 30.3 Å². The molecule has 5 N–H and O–H groups in total. The third-order valence-corrected chi connectivity index (χ3v) is 6.50. The molecule has 0 spiro atoms. The van der Waals surface area contributed by atoms with Crippen molar-refractivity contribution >= 4 is 0 Å². The van der Waals surface area contributed by atoms with Gasteiger partial charge in [0.1, 0.15) is 36.3 Å². The number of hydrogen-bond donors (Lipinski definition) is 5. The Kier molecular flexibility index (Phi) is 7.34. The molecule has 0 radical (unpaired) electrons. The van der Waals surface area contributed by atoms with Crippen molar-refractivity contribution in [1.29, 1.82) is 0 Å². The minimum Gasteiger partial charge on any atom is -0.508 e. The van der Waals surface area contributed by atoms with E-state index in [1.165, 1.54) is 25.7 Å². The maximum atomic E-state index is 10.4. The summed E-state index contributed by atoms with van der Waals surface area (Å²) in [5, 5.41) is 50.1. The van der Waals surface area contributed by atoms with E-state index >= 15 is 0 Å². The smallest absolute Gasteiger partial charge is 0.118 e. The topological polar surface area (TPSA) is 110 Å². The SMILES string of the molecule is CCCC1CCC(Cc2cc([C@@H]3O[C@H](CO)[C@@H](O)[C@H](O)[C@H]3O)ccc2O)CC1. The predicted octanol–water partition coefficient (Wildman–Crippen LogP) is 2.06. The lowest BCUT2D eigenvalue weighted by Gasteiger charge is -2.40. The van der Waals surface area contributed by atoms with Crippen molar-refractivity contribution in [3.8, 4) is 5.75 Å². The molecule has 2 fully saturated rings. The second kappa shape index (κ2) is 9.55. The van der Waals surface area contributed by atoms with Crippen LogP contribution in [0.5, 0.6) is 5.75 Å². The number of phenols is 1. The Morgan fingerprint density at radius 2 is 1.64 bits per heavy atom. The van der Waals surface area contributed by atoms with E-state index in [4.69, 9.17) is 4.74 Å². The summed E-state index contributed by atoms with van der Waals surface area (Å²) >= 11 is 0. The van der Waals surface area contributed by atoms with Gasteiger partial charge in [-0.05, 0) is 54.4 Å². The van der Waals surface area contributed by atoms with Gasteiger partial charge in [0.05, 0.1) is 6.61 Å². The van der Waals surface area contributed by atoms with Gasteiger partial charge in [-0.25, -0.2) is 0 Å². The third-order valence-electron chi connectivity index (χ3n) is 6.50. The number of aliphatic hydroxyl groups excluding tert-OH is 4. The number of benzene rings is 1. The highest BCUT2D eigenvalue weighted by Crippen LogP contribution is 2.37. The molecule has 1 heterocycles. The van der Waals surface area contributed by atoms with Crippen LogP contribution in [0, 0.1) is 11.8 Å². The van der Waals surface area contributed by atoms with Gasteiger partial charge < -0.3 is 30.3 Å². The van der Waals surface area contributed by atoms with Crippen molar-refractivity contribution in [3.63, 3.8) is 0 Å². The molecule has 1 saturated carbocycles. The molecule has 5 atom stereocenters. The molecular weight excluding hydrogens is 360 g/mol. The van der Waals surface area contributed by atoms with E-state index < -0.39 is 37.1 Å². The van der Waals surface area contributed by atoms with Crippen LogP contribution in [0.1, 0.15) is 62.7 Å². The maximum Gasteiger partial charge on any atom is 0.118 e. The van der Waals surface area contributed by atoms with Gasteiger partial charge in [-0.2, -0.15) is 0 Å². The molecule has 0 aromatic heterocycles. The molecule has 2 aliphatic rings. The van der Waals surface area contributed by atoms with Gasteiger partial charge in [-0.3, -0.25) is 0 Å². The van der Waals surface area contributed by atoms with E-state index in [1.54, 1.807) is 12.1 Å². The van der Waals surface area contributed by atoms with E-state index in [9.17, 15) is 25.5 Å². The highest BCUT2D eigenvalue weighted by Gasteiger charge is 2.44. The first-order valence-electron chi connectivity index (χ1n) is 10.6. The zero-order valence-electron chi connectivity index (χ0n) is 16.6. The van der Waals surface area contributed by atoms with Gasteiger partial charge >= 0.3 is 0 Å². The third kappa shape index (κ3) is 4.69. The monoisotopic (exact) mass is 394 g/mol. The molecule has 1 aliphatic heterocycles. The number of hydrogen-bond acceptors (Lipinski definition) is 6. The van der Waals surface area contributed by atoms with Crippen LogP contribution in [0.25, 0.3) is 0 Å². The normalized spacial score (nSPS) is 36.4. The minimum absolute atomic E-state index is 0.226. The van der Waals surface area contributed by atoms with Crippen LogP contribution < -0.4 is 0 Å². The van der Waals surface area contributed by atoms with Crippen LogP contribution in [0.4, 0.5) is 0 Å². The Morgan fingerprint density at radius 3 is 2.29 bits per heavy atom. The van der Waals surface area contributed by atoms with Crippen molar-refractivity contribution in [2.75, 3.05) is 6.61 Å². The molecule has 0 amide bonds. The summed E-state index contributed by atoms with van der Waals surface area (Å²) in [5.41, 5.74) is 1.44. The van der Waals surface area contributed by atoms with Crippen molar-refractivity contribution in [2.24, 2.45) is 11.8 Å². The zero-order valence-corrected chi connectivity index (χ0v) is 16.6. The summed E-state index contributed by atoms with van der Waals surface area (Å²) in [4.78, 5) is 0. The summed E-state index contributed by atoms with van der Waals surface area (Å²) in [7, 11) is 0. The van der Waals surface area contributed by atoms with Gasteiger partial charge in [-0.1, -0.05) is 38.7 Å². The average molecular weight is 395 g/mol. The van der Waals surface area contributed by atoms with E-state index in [2.05, 4.69) is 6.92 Å². The number of ether oxygens (including phenoxy) is 1. The number of rotatable bonds is 6. The lowest BCUT2D eigenvalue weighted by atomic mass is 9.77. The van der Waals surface area contributed by atoms with Crippen molar-refractivity contribution in [1.82, 2.24) is 0 Å². The Hall–Kier alpha value is -1.18. The van der Waals surface area contributed by atoms with Crippen LogP contribution in [0.3, 0.4) is 0 Å². The quantitative estimate of drug-likeness (QED) is 0.505. The Morgan fingerprint density at radius 1 is 0.964 bits per heavy atom. The van der Waals surface area contributed by atoms with Crippen LogP contribution in [-0.4, -0.2) is 56.6 Å². The van der Waals surface area contributed by atoms with E-state index in [1.807, 2.05) is 6.07 Å². The Labute approximate surface area is 166 Å². The molecule has 1 saturated heterocycles. The van der Waals surface area contributed by atoms with Crippen LogP contribution in [0.15, 0.2) is 18.2 Å². The Balaban J connectivity index is 1.71. The summed E-state index contributed by atoms with van der Waals surface area (Å²) in [6, 6.07) is 5.07. The maximum absolute atomic E-state index is 10.4. The molecule has 1 aromatic rings. The van der Waals surface area contributed by atoms with Gasteiger partial charge in [0.25, 0.3) is 0 Å². The van der Waals surface area contributed by atoms with Gasteiger partial charge in [0, 0.05) is 0 Å². The fourth-order valence-electron chi connectivity index (χ4n) is 4.77. The molecule has 6 nitrogen and oxygen atoms in total. The van der Waals surface area contributed by atoms with E-state index in [0.717, 1.165) is 30.7 Å².